The highest BCUT2D eigenvalue weighted by Crippen LogP contribution is 2.27. The van der Waals surface area contributed by atoms with Crippen LogP contribution in [0, 0.1) is 5.82 Å². The molecule has 1 saturated heterocycles. The molecule has 0 saturated carbocycles. The summed E-state index contributed by atoms with van der Waals surface area (Å²) in [7, 11) is 2.06. The minimum atomic E-state index is -1.31. The highest BCUT2D eigenvalue weighted by Gasteiger charge is 2.27. The van der Waals surface area contributed by atoms with Crippen molar-refractivity contribution >= 4 is 22.6 Å². The van der Waals surface area contributed by atoms with Gasteiger partial charge in [-0.05, 0) is 32.5 Å². The number of hydrogen-bond acceptors (Lipinski definition) is 5. The Hall–Kier alpha value is -2.45. The summed E-state index contributed by atoms with van der Waals surface area (Å²) >= 11 is 0. The third-order valence-corrected chi connectivity index (χ3v) is 6.29. The van der Waals surface area contributed by atoms with E-state index < -0.39 is 17.2 Å². The Morgan fingerprint density at radius 3 is 2.69 bits per heavy atom. The van der Waals surface area contributed by atoms with E-state index in [9.17, 15) is 14.7 Å². The molecule has 2 aromatic rings. The lowest BCUT2D eigenvalue weighted by molar-refractivity contribution is 0.0629. The maximum atomic E-state index is 15.1. The summed E-state index contributed by atoms with van der Waals surface area (Å²) in [5.41, 5.74) is -0.0256. The first-order chi connectivity index (χ1) is 15.4. The van der Waals surface area contributed by atoms with Crippen LogP contribution in [0.3, 0.4) is 0 Å². The number of hydrogen-bond donors (Lipinski definition) is 1. The number of aromatic nitrogens is 1. The molecule has 176 valence electrons. The number of carbonyl (C=O) groups is 1. The van der Waals surface area contributed by atoms with E-state index in [-0.39, 0.29) is 17.0 Å². The van der Waals surface area contributed by atoms with E-state index in [4.69, 9.17) is 4.74 Å². The van der Waals surface area contributed by atoms with Crippen LogP contribution in [0.25, 0.3) is 10.9 Å². The summed E-state index contributed by atoms with van der Waals surface area (Å²) in [5.74, 6) is -1.82. The number of rotatable bonds is 10. The number of halogens is 1. The predicted octanol–water partition coefficient (Wildman–Crippen LogP) is 3.58. The third-order valence-electron chi connectivity index (χ3n) is 6.29. The summed E-state index contributed by atoms with van der Waals surface area (Å²) < 4.78 is 22.7. The van der Waals surface area contributed by atoms with Gasteiger partial charge in [-0.1, -0.05) is 26.2 Å². The van der Waals surface area contributed by atoms with Crippen LogP contribution in [-0.4, -0.2) is 66.5 Å². The van der Waals surface area contributed by atoms with Crippen LogP contribution in [0.15, 0.2) is 23.1 Å². The monoisotopic (exact) mass is 447 g/mol. The Morgan fingerprint density at radius 1 is 1.22 bits per heavy atom. The molecule has 0 spiro atoms. The lowest BCUT2D eigenvalue weighted by atomic mass is 10.1. The van der Waals surface area contributed by atoms with Gasteiger partial charge in [0.1, 0.15) is 11.4 Å². The number of piperazine rings is 1. The number of anilines is 1. The van der Waals surface area contributed by atoms with Gasteiger partial charge >= 0.3 is 5.97 Å². The maximum Gasteiger partial charge on any atom is 0.341 e. The average Bonchev–Trinajstić information content (AvgIpc) is 2.77. The van der Waals surface area contributed by atoms with Crippen molar-refractivity contribution in [2.24, 2.45) is 0 Å². The van der Waals surface area contributed by atoms with Crippen LogP contribution in [0.5, 0.6) is 0 Å². The minimum Gasteiger partial charge on any atom is -0.477 e. The second-order valence-corrected chi connectivity index (χ2v) is 8.50. The lowest BCUT2D eigenvalue weighted by Gasteiger charge is -2.40. The van der Waals surface area contributed by atoms with E-state index >= 15 is 4.39 Å². The van der Waals surface area contributed by atoms with Crippen LogP contribution < -0.4 is 10.3 Å². The van der Waals surface area contributed by atoms with Crippen molar-refractivity contribution in [3.05, 3.63) is 39.9 Å². The Balaban J connectivity index is 1.82. The summed E-state index contributed by atoms with van der Waals surface area (Å²) in [4.78, 5) is 28.2. The lowest BCUT2D eigenvalue weighted by Crippen LogP contribution is -2.53. The van der Waals surface area contributed by atoms with Gasteiger partial charge in [0.15, 0.2) is 0 Å². The normalized spacial score (nSPS) is 17.2. The quantitative estimate of drug-likeness (QED) is 0.561. The molecule has 1 aromatic heterocycles. The Morgan fingerprint density at radius 2 is 2.00 bits per heavy atom. The van der Waals surface area contributed by atoms with Gasteiger partial charge in [0.2, 0.25) is 5.43 Å². The molecule has 7 nitrogen and oxygen atoms in total. The highest BCUT2D eigenvalue weighted by atomic mass is 19.1. The molecule has 1 aliphatic heterocycles. The van der Waals surface area contributed by atoms with Crippen molar-refractivity contribution in [3.8, 4) is 0 Å². The molecule has 32 heavy (non-hydrogen) atoms. The summed E-state index contributed by atoms with van der Waals surface area (Å²) in [5, 5.41) is 9.42. The van der Waals surface area contributed by atoms with Crippen LogP contribution >= 0.6 is 0 Å². The molecule has 0 aliphatic carbocycles. The molecule has 2 heterocycles. The highest BCUT2D eigenvalue weighted by molar-refractivity contribution is 5.93. The molecular weight excluding hydrogens is 413 g/mol. The van der Waals surface area contributed by atoms with Gasteiger partial charge in [0, 0.05) is 44.4 Å². The van der Waals surface area contributed by atoms with Crippen molar-refractivity contribution in [3.63, 3.8) is 0 Å². The largest absolute Gasteiger partial charge is 0.477 e. The van der Waals surface area contributed by atoms with Crippen molar-refractivity contribution in [2.45, 2.75) is 52.1 Å². The zero-order valence-electron chi connectivity index (χ0n) is 19.3. The predicted molar refractivity (Wildman–Crippen MR) is 124 cm³/mol. The molecule has 8 heteroatoms. The Bertz CT molecular complexity index is 1010. The molecule has 0 amide bonds. The number of carboxylic acid groups (broad SMARTS) is 1. The Kier molecular flexibility index (Phi) is 8.26. The molecule has 0 bridgehead atoms. The molecular formula is C24H34FN3O4. The van der Waals surface area contributed by atoms with Gasteiger partial charge in [-0.15, -0.1) is 0 Å². The van der Waals surface area contributed by atoms with Gasteiger partial charge in [0.25, 0.3) is 0 Å². The summed E-state index contributed by atoms with van der Waals surface area (Å²) in [6.07, 6.45) is 5.99. The number of ether oxygens (including phenoxy) is 1. The fraction of sp³-hybridized carbons (Fsp3) is 0.583. The van der Waals surface area contributed by atoms with E-state index in [0.717, 1.165) is 19.6 Å². The fourth-order valence-corrected chi connectivity index (χ4v) is 4.25. The smallest absolute Gasteiger partial charge is 0.341 e. The molecule has 3 rings (SSSR count). The molecule has 1 atom stereocenters. The number of likely N-dealkylation sites (N-methyl/N-ethyl adjacent to an activating group) is 1. The van der Waals surface area contributed by atoms with Crippen molar-refractivity contribution in [1.82, 2.24) is 9.47 Å². The number of aromatic carboxylic acids is 1. The standard InChI is InChI=1S/C24H34FN3O4/c1-4-6-7-8-11-32-16-17-14-28(10-9-26(17)3)22-13-21-18(12-20(22)25)23(29)19(24(30)31)15-27(21)5-2/h12-13,15,17H,4-11,14,16H2,1-3H3,(H,30,31). The first-order valence-electron chi connectivity index (χ1n) is 11.5. The first-order valence-corrected chi connectivity index (χ1v) is 11.5. The second-order valence-electron chi connectivity index (χ2n) is 8.50. The minimum absolute atomic E-state index is 0.0918. The molecule has 0 radical (unpaired) electrons. The molecule has 1 unspecified atom stereocenters. The van der Waals surface area contributed by atoms with E-state index in [0.29, 0.717) is 37.4 Å². The van der Waals surface area contributed by atoms with Gasteiger partial charge < -0.3 is 19.3 Å². The van der Waals surface area contributed by atoms with Crippen LogP contribution in [0.4, 0.5) is 10.1 Å². The molecule has 1 aromatic carbocycles. The third kappa shape index (κ3) is 5.30. The Labute approximate surface area is 188 Å². The first kappa shape index (κ1) is 24.2. The number of aryl methyl sites for hydroxylation is 1. The molecule has 1 N–H and O–H groups in total. The topological polar surface area (TPSA) is 75.0 Å². The number of unbranched alkanes of at least 4 members (excludes halogenated alkanes) is 3. The van der Waals surface area contributed by atoms with Crippen LogP contribution in [0.1, 0.15) is 49.9 Å². The maximum absolute atomic E-state index is 15.1. The second kappa shape index (κ2) is 10.9. The van der Waals surface area contributed by atoms with Crippen molar-refractivity contribution < 1.29 is 19.0 Å². The van der Waals surface area contributed by atoms with Crippen LogP contribution in [-0.2, 0) is 11.3 Å². The number of fused-ring (bicyclic) bond motifs is 1. The van der Waals surface area contributed by atoms with Crippen molar-refractivity contribution in [1.29, 1.82) is 0 Å². The van der Waals surface area contributed by atoms with Gasteiger partial charge in [-0.3, -0.25) is 9.69 Å². The summed E-state index contributed by atoms with van der Waals surface area (Å²) in [6, 6.07) is 3.01. The number of benzene rings is 1. The number of nitrogens with zero attached hydrogens (tertiary/aromatic N) is 3. The number of carboxylic acids is 1. The van der Waals surface area contributed by atoms with E-state index in [1.807, 2.05) is 11.8 Å². The fourth-order valence-electron chi connectivity index (χ4n) is 4.25. The average molecular weight is 448 g/mol. The summed E-state index contributed by atoms with van der Waals surface area (Å²) in [6.45, 7) is 7.91. The van der Waals surface area contributed by atoms with E-state index in [1.54, 1.807) is 10.6 Å². The van der Waals surface area contributed by atoms with Crippen LogP contribution in [0.2, 0.25) is 0 Å². The van der Waals surface area contributed by atoms with Gasteiger partial charge in [0.05, 0.1) is 23.9 Å². The molecule has 1 aliphatic rings. The zero-order valence-corrected chi connectivity index (χ0v) is 19.3. The zero-order chi connectivity index (χ0) is 23.3. The van der Waals surface area contributed by atoms with E-state index in [2.05, 4.69) is 18.9 Å². The van der Waals surface area contributed by atoms with Gasteiger partial charge in [-0.2, -0.15) is 0 Å². The van der Waals surface area contributed by atoms with Gasteiger partial charge in [-0.25, -0.2) is 9.18 Å². The molecule has 1 fully saturated rings. The van der Waals surface area contributed by atoms with E-state index in [1.165, 1.54) is 31.5 Å². The number of pyridine rings is 1. The van der Waals surface area contributed by atoms with Crippen molar-refractivity contribution in [2.75, 3.05) is 44.8 Å². The SMILES string of the molecule is CCCCCCOCC1CN(c2cc3c(cc2F)c(=O)c(C(=O)O)cn3CC)CCN1C.